The van der Waals surface area contributed by atoms with Gasteiger partial charge in [0.1, 0.15) is 0 Å². The van der Waals surface area contributed by atoms with Crippen LogP contribution in [0.15, 0.2) is 0 Å². The SMILES string of the molecule is O=C(O)[C@H]1CCC[C@@H]1O. The van der Waals surface area contributed by atoms with E-state index >= 15 is 0 Å². The summed E-state index contributed by atoms with van der Waals surface area (Å²) in [6, 6.07) is 0. The monoisotopic (exact) mass is 130 g/mol. The highest BCUT2D eigenvalue weighted by Gasteiger charge is 2.30. The maximum absolute atomic E-state index is 10.3. The molecule has 2 atom stereocenters. The fourth-order valence-electron chi connectivity index (χ4n) is 1.23. The molecule has 1 fully saturated rings. The summed E-state index contributed by atoms with van der Waals surface area (Å²) in [7, 11) is 0. The third kappa shape index (κ3) is 1.21. The van der Waals surface area contributed by atoms with Gasteiger partial charge in [-0.25, -0.2) is 0 Å². The summed E-state index contributed by atoms with van der Waals surface area (Å²) in [5.74, 6) is -1.36. The minimum Gasteiger partial charge on any atom is -0.481 e. The fraction of sp³-hybridized carbons (Fsp3) is 0.833. The number of carboxylic acid groups (broad SMARTS) is 1. The molecule has 1 saturated carbocycles. The van der Waals surface area contributed by atoms with E-state index in [0.29, 0.717) is 12.8 Å². The van der Waals surface area contributed by atoms with Gasteiger partial charge < -0.3 is 10.2 Å². The largest absolute Gasteiger partial charge is 0.481 e. The van der Waals surface area contributed by atoms with Gasteiger partial charge in [-0.05, 0) is 19.3 Å². The van der Waals surface area contributed by atoms with Gasteiger partial charge in [-0.15, -0.1) is 0 Å². The molecule has 0 aliphatic heterocycles. The van der Waals surface area contributed by atoms with Crippen LogP contribution in [0.1, 0.15) is 19.3 Å². The van der Waals surface area contributed by atoms with Crippen LogP contribution in [0.5, 0.6) is 0 Å². The summed E-state index contributed by atoms with van der Waals surface area (Å²) >= 11 is 0. The van der Waals surface area contributed by atoms with Crippen LogP contribution in [0.4, 0.5) is 0 Å². The van der Waals surface area contributed by atoms with Gasteiger partial charge in [0, 0.05) is 0 Å². The normalized spacial score (nSPS) is 34.8. The van der Waals surface area contributed by atoms with Crippen molar-refractivity contribution < 1.29 is 15.0 Å². The Balaban J connectivity index is 2.49. The lowest BCUT2D eigenvalue weighted by Gasteiger charge is -2.06. The first-order valence-electron chi connectivity index (χ1n) is 3.12. The van der Waals surface area contributed by atoms with Crippen LogP contribution >= 0.6 is 0 Å². The second kappa shape index (κ2) is 2.35. The second-order valence-corrected chi connectivity index (χ2v) is 2.44. The highest BCUT2D eigenvalue weighted by Crippen LogP contribution is 2.25. The minimum atomic E-state index is -0.861. The van der Waals surface area contributed by atoms with Gasteiger partial charge in [0.2, 0.25) is 0 Å². The van der Waals surface area contributed by atoms with Crippen molar-refractivity contribution in [1.29, 1.82) is 0 Å². The number of rotatable bonds is 1. The van der Waals surface area contributed by atoms with E-state index in [1.807, 2.05) is 0 Å². The van der Waals surface area contributed by atoms with Gasteiger partial charge in [0.25, 0.3) is 0 Å². The van der Waals surface area contributed by atoms with Crippen molar-refractivity contribution in [3.05, 3.63) is 0 Å². The second-order valence-electron chi connectivity index (χ2n) is 2.44. The molecule has 0 saturated heterocycles. The van der Waals surface area contributed by atoms with E-state index in [4.69, 9.17) is 10.2 Å². The third-order valence-electron chi connectivity index (χ3n) is 1.80. The summed E-state index contributed by atoms with van der Waals surface area (Å²) in [4.78, 5) is 10.3. The zero-order valence-corrected chi connectivity index (χ0v) is 5.08. The number of hydrogen-bond acceptors (Lipinski definition) is 2. The van der Waals surface area contributed by atoms with Gasteiger partial charge in [-0.1, -0.05) is 0 Å². The Morgan fingerprint density at radius 1 is 1.44 bits per heavy atom. The molecule has 0 aromatic rings. The van der Waals surface area contributed by atoms with E-state index in [9.17, 15) is 4.79 Å². The molecule has 52 valence electrons. The maximum atomic E-state index is 10.3. The molecule has 1 rings (SSSR count). The molecule has 0 bridgehead atoms. The van der Waals surface area contributed by atoms with Gasteiger partial charge in [0.15, 0.2) is 0 Å². The summed E-state index contributed by atoms with van der Waals surface area (Å²) < 4.78 is 0. The van der Waals surface area contributed by atoms with Gasteiger partial charge in [-0.3, -0.25) is 4.79 Å². The molecular formula is C6H10O3. The average Bonchev–Trinajstić information content (AvgIpc) is 2.13. The van der Waals surface area contributed by atoms with Crippen LogP contribution in [-0.4, -0.2) is 22.3 Å². The fourth-order valence-corrected chi connectivity index (χ4v) is 1.23. The summed E-state index contributed by atoms with van der Waals surface area (Å²) in [5, 5.41) is 17.4. The standard InChI is InChI=1S/C6H10O3/c7-5-3-1-2-4(5)6(8)9/h4-5,7H,1-3H2,(H,8,9)/t4-,5-/m0/s1. The molecule has 1 aliphatic carbocycles. The minimum absolute atomic E-state index is 0.495. The number of hydrogen-bond donors (Lipinski definition) is 2. The van der Waals surface area contributed by atoms with Crippen molar-refractivity contribution in [2.45, 2.75) is 25.4 Å². The first-order valence-corrected chi connectivity index (χ1v) is 3.12. The Hall–Kier alpha value is -0.570. The quantitative estimate of drug-likeness (QED) is 0.534. The van der Waals surface area contributed by atoms with E-state index < -0.39 is 18.0 Å². The molecule has 1 aliphatic rings. The predicted molar refractivity (Wildman–Crippen MR) is 31.0 cm³/mol. The predicted octanol–water partition coefficient (Wildman–Crippen LogP) is 0.232. The van der Waals surface area contributed by atoms with Gasteiger partial charge in [0.05, 0.1) is 12.0 Å². The van der Waals surface area contributed by atoms with E-state index in [2.05, 4.69) is 0 Å². The van der Waals surface area contributed by atoms with E-state index in [0.717, 1.165) is 6.42 Å². The molecule has 0 aromatic heterocycles. The number of aliphatic hydroxyl groups is 1. The number of aliphatic carboxylic acids is 1. The highest BCUT2D eigenvalue weighted by atomic mass is 16.4. The lowest BCUT2D eigenvalue weighted by Crippen LogP contribution is -2.21. The first kappa shape index (κ1) is 6.55. The molecule has 9 heavy (non-hydrogen) atoms. The Bertz CT molecular complexity index is 121. The van der Waals surface area contributed by atoms with Gasteiger partial charge in [-0.2, -0.15) is 0 Å². The van der Waals surface area contributed by atoms with Crippen LogP contribution in [0.25, 0.3) is 0 Å². The van der Waals surface area contributed by atoms with E-state index in [-0.39, 0.29) is 0 Å². The molecule has 0 aromatic carbocycles. The van der Waals surface area contributed by atoms with Crippen LogP contribution in [-0.2, 0) is 4.79 Å². The smallest absolute Gasteiger partial charge is 0.309 e. The molecule has 0 amide bonds. The lowest BCUT2D eigenvalue weighted by atomic mass is 10.1. The van der Waals surface area contributed by atoms with Crippen molar-refractivity contribution in [2.24, 2.45) is 5.92 Å². The molecular weight excluding hydrogens is 120 g/mol. The maximum Gasteiger partial charge on any atom is 0.309 e. The Kier molecular flexibility index (Phi) is 1.71. The molecule has 0 unspecified atom stereocenters. The van der Waals surface area contributed by atoms with Crippen molar-refractivity contribution in [3.8, 4) is 0 Å². The van der Waals surface area contributed by atoms with Crippen molar-refractivity contribution in [1.82, 2.24) is 0 Å². The van der Waals surface area contributed by atoms with E-state index in [1.165, 1.54) is 0 Å². The molecule has 0 radical (unpaired) electrons. The van der Waals surface area contributed by atoms with Crippen LogP contribution in [0.2, 0.25) is 0 Å². The molecule has 3 nitrogen and oxygen atoms in total. The van der Waals surface area contributed by atoms with Gasteiger partial charge >= 0.3 is 5.97 Å². The Morgan fingerprint density at radius 2 is 2.11 bits per heavy atom. The number of carboxylic acids is 1. The van der Waals surface area contributed by atoms with Crippen molar-refractivity contribution in [2.75, 3.05) is 0 Å². The molecule has 2 N–H and O–H groups in total. The Morgan fingerprint density at radius 3 is 2.33 bits per heavy atom. The van der Waals surface area contributed by atoms with E-state index in [1.54, 1.807) is 0 Å². The zero-order valence-electron chi connectivity index (χ0n) is 5.08. The molecule has 0 heterocycles. The number of carbonyl (C=O) groups is 1. The first-order chi connectivity index (χ1) is 4.22. The Labute approximate surface area is 53.3 Å². The summed E-state index contributed by atoms with van der Waals surface area (Å²) in [6.07, 6.45) is 1.54. The summed E-state index contributed by atoms with van der Waals surface area (Å²) in [5.41, 5.74) is 0. The third-order valence-corrected chi connectivity index (χ3v) is 1.80. The topological polar surface area (TPSA) is 57.5 Å². The van der Waals surface area contributed by atoms with Crippen LogP contribution < -0.4 is 0 Å². The van der Waals surface area contributed by atoms with Crippen molar-refractivity contribution >= 4 is 5.97 Å². The molecule has 3 heteroatoms. The zero-order chi connectivity index (χ0) is 6.85. The van der Waals surface area contributed by atoms with Crippen LogP contribution in [0.3, 0.4) is 0 Å². The summed E-state index contributed by atoms with van der Waals surface area (Å²) in [6.45, 7) is 0. The van der Waals surface area contributed by atoms with Crippen LogP contribution in [0, 0.1) is 5.92 Å². The molecule has 0 spiro atoms. The number of aliphatic hydroxyl groups excluding tert-OH is 1. The average molecular weight is 130 g/mol. The highest BCUT2D eigenvalue weighted by molar-refractivity contribution is 5.71. The lowest BCUT2D eigenvalue weighted by molar-refractivity contribution is -0.144. The van der Waals surface area contributed by atoms with Crippen molar-refractivity contribution in [3.63, 3.8) is 0 Å².